The first-order valence-electron chi connectivity index (χ1n) is 4.48. The summed E-state index contributed by atoms with van der Waals surface area (Å²) in [7, 11) is 0. The van der Waals surface area contributed by atoms with Gasteiger partial charge in [0.1, 0.15) is 4.60 Å². The molecule has 0 saturated heterocycles. The van der Waals surface area contributed by atoms with Crippen molar-refractivity contribution in [3.05, 3.63) is 52.5 Å². The highest BCUT2D eigenvalue weighted by molar-refractivity contribution is 9.10. The summed E-state index contributed by atoms with van der Waals surface area (Å²) in [6.07, 6.45) is 3.90. The zero-order valence-corrected chi connectivity index (χ0v) is 9.53. The molecular formula is C11H11BrN2. The highest BCUT2D eigenvalue weighted by Crippen LogP contribution is 2.11. The second kappa shape index (κ2) is 3.96. The Morgan fingerprint density at radius 1 is 1.43 bits per heavy atom. The summed E-state index contributed by atoms with van der Waals surface area (Å²) in [6.45, 7) is 3.01. The van der Waals surface area contributed by atoms with E-state index in [1.54, 1.807) is 0 Å². The third-order valence-corrected chi connectivity index (χ3v) is 2.63. The summed E-state index contributed by atoms with van der Waals surface area (Å²) in [6, 6.07) is 8.24. The molecule has 0 aliphatic heterocycles. The molecule has 2 heterocycles. The number of hydrogen-bond donors (Lipinski definition) is 0. The van der Waals surface area contributed by atoms with Crippen molar-refractivity contribution in [1.29, 1.82) is 0 Å². The van der Waals surface area contributed by atoms with Crippen LogP contribution in [-0.4, -0.2) is 9.55 Å². The van der Waals surface area contributed by atoms with Crippen molar-refractivity contribution in [2.45, 2.75) is 13.5 Å². The SMILES string of the molecule is Cc1cccn1Cc1ccnc(Br)c1. The van der Waals surface area contributed by atoms with Crippen LogP contribution in [0.25, 0.3) is 0 Å². The molecule has 0 aliphatic rings. The van der Waals surface area contributed by atoms with E-state index in [1.165, 1.54) is 11.3 Å². The molecule has 0 amide bonds. The van der Waals surface area contributed by atoms with Crippen LogP contribution in [0.2, 0.25) is 0 Å². The lowest BCUT2D eigenvalue weighted by Gasteiger charge is -2.05. The smallest absolute Gasteiger partial charge is 0.106 e. The number of aryl methyl sites for hydroxylation is 1. The average molecular weight is 251 g/mol. The zero-order valence-electron chi connectivity index (χ0n) is 7.94. The molecule has 0 bridgehead atoms. The Labute approximate surface area is 91.7 Å². The molecule has 0 spiro atoms. The summed E-state index contributed by atoms with van der Waals surface area (Å²) in [4.78, 5) is 4.10. The maximum atomic E-state index is 4.10. The van der Waals surface area contributed by atoms with E-state index in [2.05, 4.69) is 50.7 Å². The van der Waals surface area contributed by atoms with Crippen molar-refractivity contribution in [2.24, 2.45) is 0 Å². The van der Waals surface area contributed by atoms with Gasteiger partial charge < -0.3 is 4.57 Å². The number of nitrogens with zero attached hydrogens (tertiary/aromatic N) is 2. The van der Waals surface area contributed by atoms with Gasteiger partial charge in [0, 0.05) is 24.6 Å². The third kappa shape index (κ3) is 2.04. The van der Waals surface area contributed by atoms with E-state index in [4.69, 9.17) is 0 Å². The van der Waals surface area contributed by atoms with Gasteiger partial charge in [-0.3, -0.25) is 0 Å². The minimum Gasteiger partial charge on any atom is -0.347 e. The Morgan fingerprint density at radius 3 is 2.93 bits per heavy atom. The van der Waals surface area contributed by atoms with Crippen molar-refractivity contribution < 1.29 is 0 Å². The van der Waals surface area contributed by atoms with Gasteiger partial charge in [-0.05, 0) is 52.7 Å². The van der Waals surface area contributed by atoms with E-state index in [0.717, 1.165) is 11.1 Å². The second-order valence-corrected chi connectivity index (χ2v) is 4.08. The standard InChI is InChI=1S/C11H11BrN2/c1-9-3-2-6-14(9)8-10-4-5-13-11(12)7-10/h2-7H,8H2,1H3. The maximum absolute atomic E-state index is 4.10. The maximum Gasteiger partial charge on any atom is 0.106 e. The molecule has 2 rings (SSSR count). The third-order valence-electron chi connectivity index (χ3n) is 2.20. The van der Waals surface area contributed by atoms with E-state index in [1.807, 2.05) is 18.3 Å². The first kappa shape index (κ1) is 9.46. The summed E-state index contributed by atoms with van der Waals surface area (Å²) in [5.74, 6) is 0. The van der Waals surface area contributed by atoms with Gasteiger partial charge in [-0.15, -0.1) is 0 Å². The van der Waals surface area contributed by atoms with Crippen LogP contribution in [-0.2, 0) is 6.54 Å². The van der Waals surface area contributed by atoms with Gasteiger partial charge in [-0.2, -0.15) is 0 Å². The monoisotopic (exact) mass is 250 g/mol. The van der Waals surface area contributed by atoms with Crippen molar-refractivity contribution in [3.63, 3.8) is 0 Å². The van der Waals surface area contributed by atoms with Crippen LogP contribution in [0.4, 0.5) is 0 Å². The fourth-order valence-corrected chi connectivity index (χ4v) is 1.83. The zero-order chi connectivity index (χ0) is 9.97. The Kier molecular flexibility index (Phi) is 2.68. The lowest BCUT2D eigenvalue weighted by molar-refractivity contribution is 0.774. The summed E-state index contributed by atoms with van der Waals surface area (Å²) in [5, 5.41) is 0. The highest BCUT2D eigenvalue weighted by Gasteiger charge is 1.98. The lowest BCUT2D eigenvalue weighted by Crippen LogP contribution is -1.99. The van der Waals surface area contributed by atoms with Gasteiger partial charge in [-0.25, -0.2) is 4.98 Å². The van der Waals surface area contributed by atoms with Gasteiger partial charge in [0.25, 0.3) is 0 Å². The number of aromatic nitrogens is 2. The van der Waals surface area contributed by atoms with Crippen molar-refractivity contribution in [3.8, 4) is 0 Å². The van der Waals surface area contributed by atoms with Crippen molar-refractivity contribution >= 4 is 15.9 Å². The van der Waals surface area contributed by atoms with Gasteiger partial charge in [0.05, 0.1) is 0 Å². The molecule has 0 N–H and O–H groups in total. The number of hydrogen-bond acceptors (Lipinski definition) is 1. The summed E-state index contributed by atoms with van der Waals surface area (Å²) < 4.78 is 3.10. The van der Waals surface area contributed by atoms with Crippen molar-refractivity contribution in [2.75, 3.05) is 0 Å². The molecule has 2 aromatic rings. The largest absolute Gasteiger partial charge is 0.347 e. The number of pyridine rings is 1. The van der Waals surface area contributed by atoms with Gasteiger partial charge in [0.15, 0.2) is 0 Å². The number of rotatable bonds is 2. The van der Waals surface area contributed by atoms with Crippen LogP contribution in [0.1, 0.15) is 11.3 Å². The average Bonchev–Trinajstić information content (AvgIpc) is 2.52. The van der Waals surface area contributed by atoms with E-state index in [9.17, 15) is 0 Å². The molecule has 0 saturated carbocycles. The first-order chi connectivity index (χ1) is 6.75. The second-order valence-electron chi connectivity index (χ2n) is 3.26. The highest BCUT2D eigenvalue weighted by atomic mass is 79.9. The van der Waals surface area contributed by atoms with Crippen LogP contribution >= 0.6 is 15.9 Å². The molecule has 72 valence electrons. The van der Waals surface area contributed by atoms with E-state index in [-0.39, 0.29) is 0 Å². The Morgan fingerprint density at radius 2 is 2.29 bits per heavy atom. The minimum atomic E-state index is 0.889. The first-order valence-corrected chi connectivity index (χ1v) is 5.27. The van der Waals surface area contributed by atoms with Crippen LogP contribution in [0, 0.1) is 6.92 Å². The van der Waals surface area contributed by atoms with E-state index in [0.29, 0.717) is 0 Å². The van der Waals surface area contributed by atoms with E-state index >= 15 is 0 Å². The van der Waals surface area contributed by atoms with Crippen LogP contribution in [0.15, 0.2) is 41.3 Å². The van der Waals surface area contributed by atoms with Crippen LogP contribution in [0.5, 0.6) is 0 Å². The molecule has 2 nitrogen and oxygen atoms in total. The predicted octanol–water partition coefficient (Wildman–Crippen LogP) is 3.00. The van der Waals surface area contributed by atoms with Crippen LogP contribution < -0.4 is 0 Å². The van der Waals surface area contributed by atoms with Gasteiger partial charge in [0.2, 0.25) is 0 Å². The molecule has 0 atom stereocenters. The van der Waals surface area contributed by atoms with E-state index < -0.39 is 0 Å². The summed E-state index contributed by atoms with van der Waals surface area (Å²) in [5.41, 5.74) is 2.53. The normalized spacial score (nSPS) is 10.4. The van der Waals surface area contributed by atoms with Crippen LogP contribution in [0.3, 0.4) is 0 Å². The Bertz CT molecular complexity index is 434. The fraction of sp³-hybridized carbons (Fsp3) is 0.182. The van der Waals surface area contributed by atoms with Gasteiger partial charge >= 0.3 is 0 Å². The molecule has 3 heteroatoms. The van der Waals surface area contributed by atoms with Crippen molar-refractivity contribution in [1.82, 2.24) is 9.55 Å². The van der Waals surface area contributed by atoms with Gasteiger partial charge in [-0.1, -0.05) is 0 Å². The topological polar surface area (TPSA) is 17.8 Å². The molecular weight excluding hydrogens is 240 g/mol. The molecule has 0 unspecified atom stereocenters. The predicted molar refractivity (Wildman–Crippen MR) is 60.2 cm³/mol. The minimum absolute atomic E-state index is 0.889. The Hall–Kier alpha value is -1.09. The quantitative estimate of drug-likeness (QED) is 0.750. The fourth-order valence-electron chi connectivity index (χ4n) is 1.41. The molecule has 0 aliphatic carbocycles. The molecule has 0 fully saturated rings. The summed E-state index contributed by atoms with van der Waals surface area (Å²) >= 11 is 3.36. The lowest BCUT2D eigenvalue weighted by atomic mass is 10.2. The molecule has 0 radical (unpaired) electrons. The molecule has 14 heavy (non-hydrogen) atoms. The molecule has 2 aromatic heterocycles. The Balaban J connectivity index is 2.23. The number of halogens is 1. The molecule has 0 aromatic carbocycles.